The van der Waals surface area contributed by atoms with E-state index < -0.39 is 12.1 Å². The smallest absolute Gasteiger partial charge is 0.303 e. The van der Waals surface area contributed by atoms with Crippen LogP contribution in [0, 0.1) is 13.8 Å². The monoisotopic (exact) mass is 395 g/mol. The number of carbonyl (C=O) groups excluding carboxylic acids is 1. The standard InChI is InChI=1S/C20H29NO5S/c1-14-12-18(26-15(14)2)13-17(22)7-5-16-6-8-19(23)21(16)9-11-27-10-3-4-20(24)25/h5,7,12,16-17,22H,3-4,6,8-11,13H2,1-2H3,(H,24,25)/b7-5+/t16-,17+/m0/s1. The van der Waals surface area contributed by atoms with Crippen LogP contribution in [0.25, 0.3) is 0 Å². The van der Waals surface area contributed by atoms with Gasteiger partial charge in [0.1, 0.15) is 11.5 Å². The Bertz CT molecular complexity index is 650. The summed E-state index contributed by atoms with van der Waals surface area (Å²) in [6.45, 7) is 4.53. The van der Waals surface area contributed by atoms with E-state index in [1.807, 2.05) is 30.9 Å². The van der Waals surface area contributed by atoms with Crippen LogP contribution >= 0.6 is 11.8 Å². The number of carboxylic acids is 1. The van der Waals surface area contributed by atoms with Crippen molar-refractivity contribution >= 4 is 23.6 Å². The fourth-order valence-corrected chi connectivity index (χ4v) is 4.00. The van der Waals surface area contributed by atoms with E-state index in [9.17, 15) is 14.7 Å². The van der Waals surface area contributed by atoms with E-state index >= 15 is 0 Å². The Kier molecular flexibility index (Phi) is 8.44. The normalized spacial score (nSPS) is 18.6. The molecule has 0 unspecified atom stereocenters. The van der Waals surface area contributed by atoms with Crippen LogP contribution in [0.5, 0.6) is 0 Å². The molecule has 2 rings (SSSR count). The highest BCUT2D eigenvalue weighted by Crippen LogP contribution is 2.21. The summed E-state index contributed by atoms with van der Waals surface area (Å²) < 4.78 is 5.60. The van der Waals surface area contributed by atoms with Crippen molar-refractivity contribution in [2.75, 3.05) is 18.1 Å². The number of rotatable bonds is 11. The molecule has 27 heavy (non-hydrogen) atoms. The first kappa shape index (κ1) is 21.6. The molecule has 1 aromatic rings. The molecular formula is C20H29NO5S. The molecule has 6 nitrogen and oxygen atoms in total. The third kappa shape index (κ3) is 7.07. The summed E-state index contributed by atoms with van der Waals surface area (Å²) in [5, 5.41) is 18.9. The van der Waals surface area contributed by atoms with E-state index in [-0.39, 0.29) is 18.4 Å². The lowest BCUT2D eigenvalue weighted by atomic mass is 10.1. The molecule has 1 saturated heterocycles. The number of thioether (sulfide) groups is 1. The van der Waals surface area contributed by atoms with E-state index in [4.69, 9.17) is 9.52 Å². The van der Waals surface area contributed by atoms with Gasteiger partial charge in [0.25, 0.3) is 0 Å². The maximum atomic E-state index is 12.1. The number of amides is 1. The van der Waals surface area contributed by atoms with Gasteiger partial charge in [0, 0.05) is 31.6 Å². The second-order valence-electron chi connectivity index (χ2n) is 6.91. The van der Waals surface area contributed by atoms with Crippen molar-refractivity contribution in [3.05, 3.63) is 35.3 Å². The highest BCUT2D eigenvalue weighted by atomic mass is 32.2. The van der Waals surface area contributed by atoms with Gasteiger partial charge in [-0.2, -0.15) is 11.8 Å². The zero-order valence-electron chi connectivity index (χ0n) is 16.0. The van der Waals surface area contributed by atoms with Crippen molar-refractivity contribution in [2.45, 2.75) is 58.1 Å². The zero-order chi connectivity index (χ0) is 19.8. The van der Waals surface area contributed by atoms with Gasteiger partial charge in [-0.15, -0.1) is 0 Å². The van der Waals surface area contributed by atoms with Crippen molar-refractivity contribution in [1.29, 1.82) is 0 Å². The largest absolute Gasteiger partial charge is 0.481 e. The average Bonchev–Trinajstić information content (AvgIpc) is 3.10. The molecule has 0 saturated carbocycles. The molecule has 1 aliphatic heterocycles. The number of furan rings is 1. The summed E-state index contributed by atoms with van der Waals surface area (Å²) in [6, 6.07) is 1.96. The molecule has 1 amide bonds. The Labute approximate surface area is 164 Å². The summed E-state index contributed by atoms with van der Waals surface area (Å²) in [5.74, 6) is 2.59. The van der Waals surface area contributed by atoms with E-state index in [2.05, 4.69) is 0 Å². The minimum atomic E-state index is -0.769. The van der Waals surface area contributed by atoms with Crippen LogP contribution in [0.2, 0.25) is 0 Å². The SMILES string of the molecule is Cc1cc(C[C@H](O)/C=C/[C@H]2CCC(=O)N2CCSCCCC(=O)O)oc1C. The number of carboxylic acid groups (broad SMARTS) is 1. The van der Waals surface area contributed by atoms with Crippen LogP contribution in [0.4, 0.5) is 0 Å². The van der Waals surface area contributed by atoms with Crippen molar-refractivity contribution in [1.82, 2.24) is 4.90 Å². The molecular weight excluding hydrogens is 366 g/mol. The molecule has 1 aromatic heterocycles. The minimum absolute atomic E-state index is 0.0202. The number of carbonyl (C=O) groups is 2. The first-order chi connectivity index (χ1) is 12.9. The van der Waals surface area contributed by atoms with Crippen LogP contribution in [0.1, 0.15) is 42.8 Å². The van der Waals surface area contributed by atoms with Crippen LogP contribution in [-0.4, -0.2) is 57.2 Å². The summed E-state index contributed by atoms with van der Waals surface area (Å²) in [7, 11) is 0. The Morgan fingerprint density at radius 2 is 2.22 bits per heavy atom. The molecule has 0 bridgehead atoms. The van der Waals surface area contributed by atoms with Crippen LogP contribution in [-0.2, 0) is 16.0 Å². The summed E-state index contributed by atoms with van der Waals surface area (Å²) >= 11 is 1.67. The molecule has 0 spiro atoms. The van der Waals surface area contributed by atoms with Crippen LogP contribution in [0.3, 0.4) is 0 Å². The molecule has 0 aromatic carbocycles. The maximum Gasteiger partial charge on any atom is 0.303 e. The minimum Gasteiger partial charge on any atom is -0.481 e. The number of aliphatic carboxylic acids is 1. The van der Waals surface area contributed by atoms with Gasteiger partial charge in [0.15, 0.2) is 0 Å². The van der Waals surface area contributed by atoms with Gasteiger partial charge in [0.2, 0.25) is 5.91 Å². The van der Waals surface area contributed by atoms with E-state index in [1.54, 1.807) is 17.8 Å². The molecule has 1 aliphatic rings. The second-order valence-corrected chi connectivity index (χ2v) is 8.14. The number of aliphatic hydroxyl groups is 1. The Balaban J connectivity index is 1.76. The molecule has 0 aliphatic carbocycles. The summed E-state index contributed by atoms with van der Waals surface area (Å²) in [5.41, 5.74) is 1.08. The van der Waals surface area contributed by atoms with Crippen molar-refractivity contribution in [3.63, 3.8) is 0 Å². The average molecular weight is 396 g/mol. The number of likely N-dealkylation sites (tertiary alicyclic amines) is 1. The lowest BCUT2D eigenvalue weighted by molar-refractivity contribution is -0.137. The molecule has 2 atom stereocenters. The van der Waals surface area contributed by atoms with Gasteiger partial charge >= 0.3 is 5.97 Å². The second kappa shape index (κ2) is 10.6. The quantitative estimate of drug-likeness (QED) is 0.442. The number of aryl methyl sites for hydroxylation is 2. The number of hydrogen-bond acceptors (Lipinski definition) is 5. The first-order valence-corrected chi connectivity index (χ1v) is 10.5. The predicted molar refractivity (Wildman–Crippen MR) is 106 cm³/mol. The van der Waals surface area contributed by atoms with Crippen LogP contribution < -0.4 is 0 Å². The van der Waals surface area contributed by atoms with Gasteiger partial charge in [-0.05, 0) is 44.1 Å². The number of aliphatic hydroxyl groups excluding tert-OH is 1. The molecule has 7 heteroatoms. The predicted octanol–water partition coefficient (Wildman–Crippen LogP) is 2.95. The summed E-state index contributed by atoms with van der Waals surface area (Å²) in [6.07, 6.45) is 5.60. The molecule has 0 radical (unpaired) electrons. The molecule has 2 N–H and O–H groups in total. The highest BCUT2D eigenvalue weighted by molar-refractivity contribution is 7.99. The first-order valence-electron chi connectivity index (χ1n) is 9.38. The van der Waals surface area contributed by atoms with Crippen molar-refractivity contribution < 1.29 is 24.2 Å². The lowest BCUT2D eigenvalue weighted by Crippen LogP contribution is -2.34. The van der Waals surface area contributed by atoms with Gasteiger partial charge in [-0.3, -0.25) is 9.59 Å². The van der Waals surface area contributed by atoms with Gasteiger partial charge in [-0.1, -0.05) is 12.2 Å². The fraction of sp³-hybridized carbons (Fsp3) is 0.600. The van der Waals surface area contributed by atoms with E-state index in [0.29, 0.717) is 25.8 Å². The van der Waals surface area contributed by atoms with Crippen molar-refractivity contribution in [3.8, 4) is 0 Å². The van der Waals surface area contributed by atoms with E-state index in [1.165, 1.54) is 0 Å². The summed E-state index contributed by atoms with van der Waals surface area (Å²) in [4.78, 5) is 24.4. The Morgan fingerprint density at radius 1 is 1.44 bits per heavy atom. The number of hydrogen-bond donors (Lipinski definition) is 2. The van der Waals surface area contributed by atoms with Gasteiger partial charge in [-0.25, -0.2) is 0 Å². The van der Waals surface area contributed by atoms with Gasteiger partial charge < -0.3 is 19.5 Å². The van der Waals surface area contributed by atoms with E-state index in [0.717, 1.165) is 35.0 Å². The Hall–Kier alpha value is -1.73. The zero-order valence-corrected chi connectivity index (χ0v) is 16.8. The molecule has 150 valence electrons. The fourth-order valence-electron chi connectivity index (χ4n) is 3.12. The lowest BCUT2D eigenvalue weighted by Gasteiger charge is -2.22. The Morgan fingerprint density at radius 3 is 2.89 bits per heavy atom. The topological polar surface area (TPSA) is 91.0 Å². The van der Waals surface area contributed by atoms with Crippen molar-refractivity contribution in [2.24, 2.45) is 0 Å². The van der Waals surface area contributed by atoms with Crippen LogP contribution in [0.15, 0.2) is 22.6 Å². The maximum absolute atomic E-state index is 12.1. The molecule has 2 heterocycles. The number of nitrogens with zero attached hydrogens (tertiary/aromatic N) is 1. The highest BCUT2D eigenvalue weighted by Gasteiger charge is 2.28. The van der Waals surface area contributed by atoms with Gasteiger partial charge in [0.05, 0.1) is 12.1 Å². The molecule has 1 fully saturated rings. The third-order valence-corrected chi connectivity index (χ3v) is 5.76. The third-order valence-electron chi connectivity index (χ3n) is 4.71.